The molecule has 0 saturated carbocycles. The van der Waals surface area contributed by atoms with Crippen molar-refractivity contribution in [3.05, 3.63) is 78.5 Å². The number of aromatic nitrogens is 1. The van der Waals surface area contributed by atoms with Crippen molar-refractivity contribution in [2.24, 2.45) is 0 Å². The Hall–Kier alpha value is -2.17. The average Bonchev–Trinajstić information content (AvgIpc) is 2.98. The highest BCUT2D eigenvalue weighted by atomic mass is 32.2. The number of hydrogen-bond donors (Lipinski definition) is 1. The molecule has 1 heterocycles. The molecule has 1 N–H and O–H groups in total. The summed E-state index contributed by atoms with van der Waals surface area (Å²) in [5, 5.41) is 0. The fourth-order valence-corrected chi connectivity index (χ4v) is 2.82. The second-order valence-electron chi connectivity index (χ2n) is 4.76. The predicted octanol–water partition coefficient (Wildman–Crippen LogP) is 3.87. The molecule has 0 saturated heterocycles. The van der Waals surface area contributed by atoms with Crippen molar-refractivity contribution in [3.63, 3.8) is 0 Å². The Kier molecular flexibility index (Phi) is 3.99. The third-order valence-corrected chi connectivity index (χ3v) is 3.90. The predicted molar refractivity (Wildman–Crippen MR) is 85.7 cm³/mol. The molecule has 0 bridgehead atoms. The minimum atomic E-state index is -1.80. The van der Waals surface area contributed by atoms with Gasteiger partial charge in [-0.2, -0.15) is 0 Å². The summed E-state index contributed by atoms with van der Waals surface area (Å²) < 4.78 is 21.9. The molecule has 0 fully saturated rings. The van der Waals surface area contributed by atoms with Crippen LogP contribution in [0.3, 0.4) is 0 Å². The van der Waals surface area contributed by atoms with E-state index in [-0.39, 0.29) is 5.75 Å². The van der Waals surface area contributed by atoms with Crippen molar-refractivity contribution in [1.82, 2.24) is 4.57 Å². The Morgan fingerprint density at radius 3 is 2.29 bits per heavy atom. The van der Waals surface area contributed by atoms with Crippen LogP contribution in [-0.2, 0) is 16.8 Å². The number of benzene rings is 2. The van der Waals surface area contributed by atoms with E-state index in [0.717, 1.165) is 22.5 Å². The third kappa shape index (κ3) is 3.12. The standard InChI is InChI=1S/C17H15NO2S/c19-21(20)13-14-8-10-15(11-9-14)17-7-4-12-18(17)16-5-2-1-3-6-16/h1-12H,13H2,(H,19,20). The zero-order chi connectivity index (χ0) is 14.7. The number of nitrogens with zero attached hydrogens (tertiary/aromatic N) is 1. The first-order valence-corrected chi connectivity index (χ1v) is 7.91. The van der Waals surface area contributed by atoms with Crippen LogP contribution in [0.2, 0.25) is 0 Å². The van der Waals surface area contributed by atoms with E-state index in [1.165, 1.54) is 0 Å². The van der Waals surface area contributed by atoms with Gasteiger partial charge in [0, 0.05) is 11.9 Å². The Labute approximate surface area is 126 Å². The van der Waals surface area contributed by atoms with E-state index >= 15 is 0 Å². The number of rotatable bonds is 4. The summed E-state index contributed by atoms with van der Waals surface area (Å²) in [6, 6.07) is 22.0. The van der Waals surface area contributed by atoms with Gasteiger partial charge in [-0.1, -0.05) is 42.5 Å². The average molecular weight is 297 g/mol. The Balaban J connectivity index is 1.95. The van der Waals surface area contributed by atoms with Gasteiger partial charge in [-0.15, -0.1) is 0 Å². The molecule has 0 spiro atoms. The summed E-state index contributed by atoms with van der Waals surface area (Å²) in [4.78, 5) is 0. The fourth-order valence-electron chi connectivity index (χ4n) is 2.34. The second-order valence-corrected chi connectivity index (χ2v) is 5.69. The van der Waals surface area contributed by atoms with Gasteiger partial charge in [0.25, 0.3) is 0 Å². The van der Waals surface area contributed by atoms with E-state index in [0.29, 0.717) is 0 Å². The maximum Gasteiger partial charge on any atom is 0.157 e. The van der Waals surface area contributed by atoms with Gasteiger partial charge in [0.1, 0.15) is 0 Å². The first-order valence-electron chi connectivity index (χ1n) is 6.63. The minimum Gasteiger partial charge on any atom is -0.317 e. The third-order valence-electron chi connectivity index (χ3n) is 3.32. The van der Waals surface area contributed by atoms with Crippen LogP contribution < -0.4 is 0 Å². The van der Waals surface area contributed by atoms with Crippen LogP contribution in [0.5, 0.6) is 0 Å². The lowest BCUT2D eigenvalue weighted by atomic mass is 10.1. The lowest BCUT2D eigenvalue weighted by Gasteiger charge is -2.10. The zero-order valence-electron chi connectivity index (χ0n) is 11.3. The Morgan fingerprint density at radius 2 is 1.62 bits per heavy atom. The molecule has 3 rings (SSSR count). The monoisotopic (exact) mass is 297 g/mol. The van der Waals surface area contributed by atoms with Crippen LogP contribution in [0.25, 0.3) is 16.9 Å². The van der Waals surface area contributed by atoms with Crippen LogP contribution in [-0.4, -0.2) is 13.3 Å². The lowest BCUT2D eigenvalue weighted by molar-refractivity contribution is 0.563. The summed E-state index contributed by atoms with van der Waals surface area (Å²) in [5.74, 6) is 0.167. The fraction of sp³-hybridized carbons (Fsp3) is 0.0588. The van der Waals surface area contributed by atoms with E-state index < -0.39 is 11.1 Å². The van der Waals surface area contributed by atoms with Crippen molar-refractivity contribution in [2.75, 3.05) is 0 Å². The molecule has 3 nitrogen and oxygen atoms in total. The molecule has 1 unspecified atom stereocenters. The first-order chi connectivity index (χ1) is 10.2. The minimum absolute atomic E-state index is 0.167. The van der Waals surface area contributed by atoms with E-state index in [4.69, 9.17) is 4.55 Å². The van der Waals surface area contributed by atoms with Crippen molar-refractivity contribution in [1.29, 1.82) is 0 Å². The molecular formula is C17H15NO2S. The van der Waals surface area contributed by atoms with Crippen molar-refractivity contribution >= 4 is 11.1 Å². The van der Waals surface area contributed by atoms with E-state index in [2.05, 4.69) is 22.8 Å². The Morgan fingerprint density at radius 1 is 0.905 bits per heavy atom. The summed E-state index contributed by atoms with van der Waals surface area (Å²) in [7, 11) is 0. The van der Waals surface area contributed by atoms with Gasteiger partial charge >= 0.3 is 0 Å². The Bertz CT molecular complexity index is 748. The van der Waals surface area contributed by atoms with Gasteiger partial charge in [-0.25, -0.2) is 4.21 Å². The maximum atomic E-state index is 10.8. The summed E-state index contributed by atoms with van der Waals surface area (Å²) in [6.45, 7) is 0. The smallest absolute Gasteiger partial charge is 0.157 e. The SMILES string of the molecule is O=S(O)Cc1ccc(-c2cccn2-c2ccccc2)cc1. The molecule has 106 valence electrons. The normalized spacial score (nSPS) is 12.2. The zero-order valence-corrected chi connectivity index (χ0v) is 12.2. The quantitative estimate of drug-likeness (QED) is 0.743. The van der Waals surface area contributed by atoms with E-state index in [9.17, 15) is 4.21 Å². The molecule has 0 aliphatic carbocycles. The molecule has 21 heavy (non-hydrogen) atoms. The second kappa shape index (κ2) is 6.08. The topological polar surface area (TPSA) is 42.2 Å². The van der Waals surface area contributed by atoms with Gasteiger partial charge in [0.05, 0.1) is 11.4 Å². The number of hydrogen-bond acceptors (Lipinski definition) is 1. The summed E-state index contributed by atoms with van der Waals surface area (Å²) in [5.41, 5.74) is 4.14. The largest absolute Gasteiger partial charge is 0.317 e. The highest BCUT2D eigenvalue weighted by Gasteiger charge is 2.06. The summed E-state index contributed by atoms with van der Waals surface area (Å²) >= 11 is -1.80. The van der Waals surface area contributed by atoms with E-state index in [1.54, 1.807) is 0 Å². The lowest BCUT2D eigenvalue weighted by Crippen LogP contribution is -1.96. The van der Waals surface area contributed by atoms with Gasteiger partial charge in [0.15, 0.2) is 11.1 Å². The molecule has 0 amide bonds. The van der Waals surface area contributed by atoms with Crippen LogP contribution >= 0.6 is 0 Å². The molecular weight excluding hydrogens is 282 g/mol. The highest BCUT2D eigenvalue weighted by Crippen LogP contribution is 2.24. The molecule has 1 atom stereocenters. The van der Waals surface area contributed by atoms with Crippen molar-refractivity contribution in [3.8, 4) is 16.9 Å². The summed E-state index contributed by atoms with van der Waals surface area (Å²) in [6.07, 6.45) is 2.03. The van der Waals surface area contributed by atoms with E-state index in [1.807, 2.05) is 54.7 Å². The van der Waals surface area contributed by atoms with Crippen LogP contribution in [0, 0.1) is 0 Å². The maximum absolute atomic E-state index is 10.8. The van der Waals surface area contributed by atoms with Crippen LogP contribution in [0.15, 0.2) is 72.9 Å². The van der Waals surface area contributed by atoms with Crippen molar-refractivity contribution < 1.29 is 8.76 Å². The molecule has 4 heteroatoms. The molecule has 0 radical (unpaired) electrons. The molecule has 0 aliphatic rings. The van der Waals surface area contributed by atoms with Gasteiger partial charge in [-0.05, 0) is 35.4 Å². The van der Waals surface area contributed by atoms with Crippen LogP contribution in [0.1, 0.15) is 5.56 Å². The number of para-hydroxylation sites is 1. The first kappa shape index (κ1) is 13.8. The van der Waals surface area contributed by atoms with Gasteiger partial charge < -0.3 is 9.12 Å². The van der Waals surface area contributed by atoms with Gasteiger partial charge in [0.2, 0.25) is 0 Å². The molecule has 3 aromatic rings. The van der Waals surface area contributed by atoms with Crippen molar-refractivity contribution in [2.45, 2.75) is 5.75 Å². The van der Waals surface area contributed by atoms with Gasteiger partial charge in [-0.3, -0.25) is 0 Å². The highest BCUT2D eigenvalue weighted by molar-refractivity contribution is 7.78. The molecule has 1 aromatic heterocycles. The molecule has 2 aromatic carbocycles. The molecule has 0 aliphatic heterocycles. The van der Waals surface area contributed by atoms with Crippen LogP contribution in [0.4, 0.5) is 0 Å².